The molecule has 7 nitrogen and oxygen atoms in total. The van der Waals surface area contributed by atoms with Crippen LogP contribution in [0.15, 0.2) is 47.6 Å². The Hall–Kier alpha value is -2.42. The second kappa shape index (κ2) is 7.93. The number of rotatable bonds is 5. The van der Waals surface area contributed by atoms with Gasteiger partial charge in [0.1, 0.15) is 5.75 Å². The molecule has 2 aliphatic heterocycles. The van der Waals surface area contributed by atoms with E-state index in [4.69, 9.17) is 10.5 Å². The number of nitrogens with two attached hydrogens (primary N) is 1. The van der Waals surface area contributed by atoms with Crippen molar-refractivity contribution < 1.29 is 13.2 Å². The van der Waals surface area contributed by atoms with E-state index >= 15 is 0 Å². The number of aromatic nitrogens is 2. The van der Waals surface area contributed by atoms with E-state index in [1.807, 2.05) is 12.1 Å². The van der Waals surface area contributed by atoms with Gasteiger partial charge < -0.3 is 15.4 Å². The number of hydrogen-bond acceptors (Lipinski definition) is 6. The number of piperidine rings is 1. The highest BCUT2D eigenvalue weighted by molar-refractivity contribution is 7.90. The maximum absolute atomic E-state index is 13.7. The number of nitrogens with zero attached hydrogens (tertiary/aromatic N) is 3. The maximum atomic E-state index is 13.7. The standard InChI is InChI=1S/C23H28N4O3S/c1-16(14-26-11-7-17(24)8-12-26)19-15-27(20-4-3-10-25-23(19)20)31(28,29)22-6-2-5-21-18(22)9-13-30-21/h2-6,10,15-17H,7-9,11-14,24H2,1H3. The normalized spacial score (nSPS) is 18.8. The molecule has 2 aliphatic rings. The quantitative estimate of drug-likeness (QED) is 0.656. The van der Waals surface area contributed by atoms with Gasteiger partial charge in [-0.15, -0.1) is 0 Å². The molecule has 1 unspecified atom stereocenters. The number of hydrogen-bond donors (Lipinski definition) is 1. The lowest BCUT2D eigenvalue weighted by Crippen LogP contribution is -2.41. The van der Waals surface area contributed by atoms with E-state index < -0.39 is 10.0 Å². The monoisotopic (exact) mass is 440 g/mol. The Kier molecular flexibility index (Phi) is 5.24. The molecule has 2 aromatic heterocycles. The van der Waals surface area contributed by atoms with Crippen molar-refractivity contribution in [2.45, 2.75) is 43.0 Å². The molecule has 31 heavy (non-hydrogen) atoms. The van der Waals surface area contributed by atoms with Crippen molar-refractivity contribution in [3.63, 3.8) is 0 Å². The van der Waals surface area contributed by atoms with Crippen LogP contribution in [0.25, 0.3) is 11.0 Å². The molecule has 1 fully saturated rings. The summed E-state index contributed by atoms with van der Waals surface area (Å²) in [6, 6.07) is 9.14. The largest absolute Gasteiger partial charge is 0.493 e. The highest BCUT2D eigenvalue weighted by Gasteiger charge is 2.29. The molecule has 0 radical (unpaired) electrons. The van der Waals surface area contributed by atoms with E-state index in [-0.39, 0.29) is 12.0 Å². The van der Waals surface area contributed by atoms with E-state index in [0.29, 0.717) is 29.2 Å². The molecule has 1 saturated heterocycles. The Morgan fingerprint density at radius 2 is 2.03 bits per heavy atom. The van der Waals surface area contributed by atoms with Gasteiger partial charge in [0, 0.05) is 42.5 Å². The molecule has 1 aromatic carbocycles. The molecule has 164 valence electrons. The lowest BCUT2D eigenvalue weighted by atomic mass is 10.00. The molecule has 8 heteroatoms. The molecule has 4 heterocycles. The fourth-order valence-electron chi connectivity index (χ4n) is 4.77. The Morgan fingerprint density at radius 3 is 2.84 bits per heavy atom. The van der Waals surface area contributed by atoms with Crippen LogP contribution in [0.1, 0.15) is 36.8 Å². The van der Waals surface area contributed by atoms with Crippen LogP contribution in [-0.2, 0) is 16.4 Å². The number of benzene rings is 1. The van der Waals surface area contributed by atoms with Crippen LogP contribution < -0.4 is 10.5 Å². The molecule has 0 aliphatic carbocycles. The molecule has 5 rings (SSSR count). The van der Waals surface area contributed by atoms with Crippen molar-refractivity contribution in [1.29, 1.82) is 0 Å². The van der Waals surface area contributed by atoms with Gasteiger partial charge in [0.15, 0.2) is 0 Å². The third-order valence-corrected chi connectivity index (χ3v) is 8.24. The van der Waals surface area contributed by atoms with E-state index in [0.717, 1.165) is 49.1 Å². The molecule has 3 aromatic rings. The summed E-state index contributed by atoms with van der Waals surface area (Å²) < 4.78 is 34.4. The average Bonchev–Trinajstić information content (AvgIpc) is 3.40. The Bertz CT molecular complexity index is 1210. The van der Waals surface area contributed by atoms with Crippen LogP contribution in [0.3, 0.4) is 0 Å². The Labute approximate surface area is 182 Å². The summed E-state index contributed by atoms with van der Waals surface area (Å²) in [4.78, 5) is 7.28. The van der Waals surface area contributed by atoms with Gasteiger partial charge in [0.25, 0.3) is 10.0 Å². The molecule has 0 spiro atoms. The first-order chi connectivity index (χ1) is 14.9. The number of likely N-dealkylation sites (tertiary alicyclic amines) is 1. The van der Waals surface area contributed by atoms with Gasteiger partial charge >= 0.3 is 0 Å². The van der Waals surface area contributed by atoms with Crippen LogP contribution in [0.2, 0.25) is 0 Å². The first-order valence-corrected chi connectivity index (χ1v) is 12.3. The second-order valence-electron chi connectivity index (χ2n) is 8.63. The third kappa shape index (κ3) is 3.62. The fourth-order valence-corrected chi connectivity index (χ4v) is 6.41. The summed E-state index contributed by atoms with van der Waals surface area (Å²) in [5, 5.41) is 0. The van der Waals surface area contributed by atoms with Gasteiger partial charge in [-0.05, 0) is 56.1 Å². The van der Waals surface area contributed by atoms with Crippen LogP contribution in [0.5, 0.6) is 5.75 Å². The molecule has 0 bridgehead atoms. The molecule has 0 saturated carbocycles. The SMILES string of the molecule is CC(CN1CCC(N)CC1)c1cn(S(=O)(=O)c2cccc3c2CCO3)c2cccnc12. The maximum Gasteiger partial charge on any atom is 0.268 e. The van der Waals surface area contributed by atoms with Gasteiger partial charge in [0.2, 0.25) is 0 Å². The fraction of sp³-hybridized carbons (Fsp3) is 0.435. The van der Waals surface area contributed by atoms with E-state index in [9.17, 15) is 8.42 Å². The summed E-state index contributed by atoms with van der Waals surface area (Å²) in [5.74, 6) is 0.806. The van der Waals surface area contributed by atoms with Gasteiger partial charge in [-0.1, -0.05) is 13.0 Å². The van der Waals surface area contributed by atoms with E-state index in [1.165, 1.54) is 3.97 Å². The zero-order valence-electron chi connectivity index (χ0n) is 17.7. The molecular weight excluding hydrogens is 412 g/mol. The molecular formula is C23H28N4O3S. The van der Waals surface area contributed by atoms with Crippen LogP contribution in [-0.4, -0.2) is 54.6 Å². The summed E-state index contributed by atoms with van der Waals surface area (Å²) >= 11 is 0. The first kappa shape index (κ1) is 20.5. The predicted molar refractivity (Wildman–Crippen MR) is 120 cm³/mol. The molecule has 2 N–H and O–H groups in total. The number of pyridine rings is 1. The van der Waals surface area contributed by atoms with Crippen molar-refractivity contribution in [2.24, 2.45) is 5.73 Å². The highest BCUT2D eigenvalue weighted by Crippen LogP contribution is 2.35. The van der Waals surface area contributed by atoms with Crippen molar-refractivity contribution in [2.75, 3.05) is 26.2 Å². The van der Waals surface area contributed by atoms with Crippen LogP contribution in [0.4, 0.5) is 0 Å². The third-order valence-electron chi connectivity index (χ3n) is 6.49. The average molecular weight is 441 g/mol. The summed E-state index contributed by atoms with van der Waals surface area (Å²) in [6.07, 6.45) is 6.10. The van der Waals surface area contributed by atoms with Crippen LogP contribution >= 0.6 is 0 Å². The first-order valence-electron chi connectivity index (χ1n) is 10.9. The van der Waals surface area contributed by atoms with Crippen molar-refractivity contribution in [3.05, 3.63) is 53.9 Å². The van der Waals surface area contributed by atoms with Gasteiger partial charge in [0.05, 0.1) is 22.5 Å². The minimum absolute atomic E-state index is 0.146. The van der Waals surface area contributed by atoms with Crippen molar-refractivity contribution in [1.82, 2.24) is 13.9 Å². The molecule has 1 atom stereocenters. The summed E-state index contributed by atoms with van der Waals surface area (Å²) in [7, 11) is -3.78. The van der Waals surface area contributed by atoms with Crippen molar-refractivity contribution >= 4 is 21.1 Å². The highest BCUT2D eigenvalue weighted by atomic mass is 32.2. The topological polar surface area (TPSA) is 90.5 Å². The minimum Gasteiger partial charge on any atom is -0.493 e. The zero-order valence-corrected chi connectivity index (χ0v) is 18.5. The second-order valence-corrected chi connectivity index (χ2v) is 10.4. The van der Waals surface area contributed by atoms with Gasteiger partial charge in [-0.25, -0.2) is 12.4 Å². The van der Waals surface area contributed by atoms with E-state index in [1.54, 1.807) is 30.6 Å². The summed E-state index contributed by atoms with van der Waals surface area (Å²) in [6.45, 7) is 5.47. The summed E-state index contributed by atoms with van der Waals surface area (Å²) in [5.41, 5.74) is 9.12. The Balaban J connectivity index is 1.54. The lowest BCUT2D eigenvalue weighted by Gasteiger charge is -2.31. The van der Waals surface area contributed by atoms with Crippen molar-refractivity contribution in [3.8, 4) is 5.75 Å². The predicted octanol–water partition coefficient (Wildman–Crippen LogP) is 2.73. The molecule has 0 amide bonds. The van der Waals surface area contributed by atoms with Crippen LogP contribution in [0, 0.1) is 0 Å². The number of fused-ring (bicyclic) bond motifs is 2. The minimum atomic E-state index is -3.78. The Morgan fingerprint density at radius 1 is 1.23 bits per heavy atom. The van der Waals surface area contributed by atoms with E-state index in [2.05, 4.69) is 16.8 Å². The lowest BCUT2D eigenvalue weighted by molar-refractivity contribution is 0.204. The van der Waals surface area contributed by atoms with Gasteiger partial charge in [-0.3, -0.25) is 4.98 Å². The van der Waals surface area contributed by atoms with Gasteiger partial charge in [-0.2, -0.15) is 0 Å². The smallest absolute Gasteiger partial charge is 0.268 e. The number of ether oxygens (including phenoxy) is 1. The zero-order chi connectivity index (χ0) is 21.6.